The summed E-state index contributed by atoms with van der Waals surface area (Å²) in [6.45, 7) is 3.63. The van der Waals surface area contributed by atoms with Gasteiger partial charge in [0.15, 0.2) is 0 Å². The molecule has 1 N–H and O–H groups in total. The summed E-state index contributed by atoms with van der Waals surface area (Å²) in [7, 11) is 0. The van der Waals surface area contributed by atoms with Crippen molar-refractivity contribution in [3.8, 4) is 0 Å². The lowest BCUT2D eigenvalue weighted by Gasteiger charge is -2.34. The average Bonchev–Trinajstić information content (AvgIpc) is 3.23. The molecule has 0 spiro atoms. The minimum atomic E-state index is -4.50. The Bertz CT molecular complexity index is 763. The molecule has 0 aromatic heterocycles. The lowest BCUT2D eigenvalue weighted by Crippen LogP contribution is -2.52. The van der Waals surface area contributed by atoms with E-state index < -0.39 is 18.5 Å². The predicted octanol–water partition coefficient (Wildman–Crippen LogP) is 2.69. The Hall–Kier alpha value is -1.84. The van der Waals surface area contributed by atoms with Crippen molar-refractivity contribution >= 4 is 23.4 Å². The number of hydrogen-bond donors (Lipinski definition) is 1. The third-order valence-corrected chi connectivity index (χ3v) is 6.13. The molecule has 6 nitrogen and oxygen atoms in total. The normalized spacial score (nSPS) is 19.4. The highest BCUT2D eigenvalue weighted by atomic mass is 35.5. The molecule has 2 aliphatic rings. The zero-order valence-electron chi connectivity index (χ0n) is 17.3. The molecule has 1 atom stereocenters. The Morgan fingerprint density at radius 3 is 2.29 bits per heavy atom. The van der Waals surface area contributed by atoms with E-state index in [4.69, 9.17) is 11.6 Å². The van der Waals surface area contributed by atoms with E-state index in [1.165, 1.54) is 4.90 Å². The second kappa shape index (κ2) is 10.7. The van der Waals surface area contributed by atoms with Crippen LogP contribution in [0.3, 0.4) is 0 Å². The van der Waals surface area contributed by atoms with E-state index in [-0.39, 0.29) is 31.6 Å². The summed E-state index contributed by atoms with van der Waals surface area (Å²) in [6, 6.07) is 7.64. The number of nitrogens with zero attached hydrogens (tertiary/aromatic N) is 3. The number of rotatable bonds is 7. The molecule has 0 bridgehead atoms. The van der Waals surface area contributed by atoms with Gasteiger partial charge >= 0.3 is 6.18 Å². The van der Waals surface area contributed by atoms with Crippen LogP contribution in [0.25, 0.3) is 0 Å². The molecule has 2 heterocycles. The van der Waals surface area contributed by atoms with E-state index in [9.17, 15) is 22.8 Å². The van der Waals surface area contributed by atoms with Gasteiger partial charge in [-0.2, -0.15) is 13.2 Å². The van der Waals surface area contributed by atoms with E-state index >= 15 is 0 Å². The maximum atomic E-state index is 12.5. The first kappa shape index (κ1) is 23.8. The van der Waals surface area contributed by atoms with Gasteiger partial charge in [0.25, 0.3) is 0 Å². The van der Waals surface area contributed by atoms with Crippen LogP contribution in [0, 0.1) is 0 Å². The number of halogens is 4. The quantitative estimate of drug-likeness (QED) is 0.679. The van der Waals surface area contributed by atoms with Crippen LogP contribution in [-0.2, 0) is 9.59 Å². The third kappa shape index (κ3) is 7.08. The molecule has 1 aromatic rings. The largest absolute Gasteiger partial charge is 0.397 e. The number of carbonyl (C=O) groups excluding carboxylic acids is 2. The van der Waals surface area contributed by atoms with Gasteiger partial charge in [-0.1, -0.05) is 29.8 Å². The second-order valence-corrected chi connectivity index (χ2v) is 8.44. The molecule has 1 unspecified atom stereocenters. The first-order valence-electron chi connectivity index (χ1n) is 10.5. The van der Waals surface area contributed by atoms with Crippen molar-refractivity contribution in [2.75, 3.05) is 52.4 Å². The van der Waals surface area contributed by atoms with Crippen LogP contribution < -0.4 is 5.32 Å². The second-order valence-electron chi connectivity index (χ2n) is 8.03. The first-order chi connectivity index (χ1) is 14.7. The van der Waals surface area contributed by atoms with Crippen LogP contribution in [0.2, 0.25) is 5.02 Å². The smallest absolute Gasteiger partial charge is 0.353 e. The summed E-state index contributed by atoms with van der Waals surface area (Å²) in [4.78, 5) is 29.6. The summed E-state index contributed by atoms with van der Waals surface area (Å²) in [5, 5.41) is 3.66. The Balaban J connectivity index is 1.48. The van der Waals surface area contributed by atoms with Gasteiger partial charge in [-0.15, -0.1) is 0 Å². The highest BCUT2D eigenvalue weighted by Gasteiger charge is 2.34. The SMILES string of the molecule is O=C(CN1CCN(C(=O)CC(F)(F)F)CC1)NCC(c1ccccc1Cl)N1CCCC1. The highest BCUT2D eigenvalue weighted by Crippen LogP contribution is 2.29. The van der Waals surface area contributed by atoms with Crippen molar-refractivity contribution in [3.63, 3.8) is 0 Å². The van der Waals surface area contributed by atoms with Crippen molar-refractivity contribution in [2.45, 2.75) is 31.5 Å². The summed E-state index contributed by atoms with van der Waals surface area (Å²) in [5.74, 6) is -1.06. The Morgan fingerprint density at radius 2 is 1.68 bits per heavy atom. The van der Waals surface area contributed by atoms with E-state index in [1.807, 2.05) is 29.2 Å². The fourth-order valence-electron chi connectivity index (χ4n) is 4.14. The molecule has 1 aromatic carbocycles. The topological polar surface area (TPSA) is 55.9 Å². The zero-order chi connectivity index (χ0) is 22.4. The monoisotopic (exact) mass is 460 g/mol. The minimum absolute atomic E-state index is 0.00279. The molecule has 2 amide bonds. The number of amides is 2. The van der Waals surface area contributed by atoms with Crippen molar-refractivity contribution in [3.05, 3.63) is 34.9 Å². The fraction of sp³-hybridized carbons (Fsp3) is 0.619. The Morgan fingerprint density at radius 1 is 1.03 bits per heavy atom. The van der Waals surface area contributed by atoms with E-state index in [0.29, 0.717) is 24.7 Å². The molecule has 0 saturated carbocycles. The summed E-state index contributed by atoms with van der Waals surface area (Å²) >= 11 is 6.40. The van der Waals surface area contributed by atoms with Crippen LogP contribution in [0.15, 0.2) is 24.3 Å². The maximum absolute atomic E-state index is 12.5. The van der Waals surface area contributed by atoms with Crippen molar-refractivity contribution in [1.82, 2.24) is 20.0 Å². The molecular weight excluding hydrogens is 433 g/mol. The van der Waals surface area contributed by atoms with Crippen molar-refractivity contribution < 1.29 is 22.8 Å². The number of piperazine rings is 1. The van der Waals surface area contributed by atoms with Crippen molar-refractivity contribution in [1.29, 1.82) is 0 Å². The van der Waals surface area contributed by atoms with E-state index in [0.717, 1.165) is 31.5 Å². The molecular formula is C21H28ClF3N4O2. The Kier molecular flexibility index (Phi) is 8.18. The van der Waals surface area contributed by atoms with E-state index in [2.05, 4.69) is 10.2 Å². The molecule has 31 heavy (non-hydrogen) atoms. The maximum Gasteiger partial charge on any atom is 0.397 e. The molecule has 0 radical (unpaired) electrons. The average molecular weight is 461 g/mol. The Labute approximate surface area is 185 Å². The van der Waals surface area contributed by atoms with Gasteiger partial charge in [0.05, 0.1) is 12.6 Å². The number of hydrogen-bond acceptors (Lipinski definition) is 4. The standard InChI is InChI=1S/C21H28ClF3N4O2/c22-17-6-2-1-5-16(17)18(28-7-3-4-8-28)14-26-19(30)15-27-9-11-29(12-10-27)20(31)13-21(23,24)25/h1-2,5-6,18H,3-4,7-15H2,(H,26,30). The van der Waals surface area contributed by atoms with Crippen LogP contribution in [0.5, 0.6) is 0 Å². The number of carbonyl (C=O) groups is 2. The number of nitrogens with one attached hydrogen (secondary N) is 1. The molecule has 172 valence electrons. The van der Waals surface area contributed by atoms with Gasteiger partial charge in [0, 0.05) is 37.7 Å². The van der Waals surface area contributed by atoms with Gasteiger partial charge in [-0.3, -0.25) is 19.4 Å². The summed E-state index contributed by atoms with van der Waals surface area (Å²) < 4.78 is 37.2. The van der Waals surface area contributed by atoms with Crippen molar-refractivity contribution in [2.24, 2.45) is 0 Å². The van der Waals surface area contributed by atoms with Gasteiger partial charge in [0.2, 0.25) is 11.8 Å². The number of benzene rings is 1. The molecule has 2 aliphatic heterocycles. The summed E-state index contributed by atoms with van der Waals surface area (Å²) in [5.41, 5.74) is 0.989. The minimum Gasteiger partial charge on any atom is -0.353 e. The van der Waals surface area contributed by atoms with Gasteiger partial charge in [-0.25, -0.2) is 0 Å². The summed E-state index contributed by atoms with van der Waals surface area (Å²) in [6.07, 6.45) is -3.70. The predicted molar refractivity (Wildman–Crippen MR) is 112 cm³/mol. The van der Waals surface area contributed by atoms with Gasteiger partial charge < -0.3 is 10.2 Å². The van der Waals surface area contributed by atoms with Gasteiger partial charge in [0.1, 0.15) is 6.42 Å². The zero-order valence-corrected chi connectivity index (χ0v) is 18.1. The molecule has 0 aliphatic carbocycles. The van der Waals surface area contributed by atoms with E-state index in [1.54, 1.807) is 0 Å². The molecule has 10 heteroatoms. The third-order valence-electron chi connectivity index (χ3n) is 5.78. The first-order valence-corrected chi connectivity index (χ1v) is 10.9. The van der Waals surface area contributed by atoms with Crippen LogP contribution in [0.4, 0.5) is 13.2 Å². The highest BCUT2D eigenvalue weighted by molar-refractivity contribution is 6.31. The molecule has 3 rings (SSSR count). The lowest BCUT2D eigenvalue weighted by molar-refractivity contribution is -0.162. The molecule has 2 fully saturated rings. The lowest BCUT2D eigenvalue weighted by atomic mass is 10.1. The fourth-order valence-corrected chi connectivity index (χ4v) is 4.40. The van der Waals surface area contributed by atoms with Gasteiger partial charge in [-0.05, 0) is 37.6 Å². The van der Waals surface area contributed by atoms with Crippen LogP contribution in [0.1, 0.15) is 30.9 Å². The molecule has 2 saturated heterocycles. The number of likely N-dealkylation sites (tertiary alicyclic amines) is 1. The van der Waals surface area contributed by atoms with Crippen LogP contribution >= 0.6 is 11.6 Å². The van der Waals surface area contributed by atoms with Crippen LogP contribution in [-0.4, -0.2) is 85.0 Å². The number of alkyl halides is 3.